The Morgan fingerprint density at radius 3 is 2.56 bits per heavy atom. The van der Waals surface area contributed by atoms with E-state index < -0.39 is 11.7 Å². The quantitative estimate of drug-likeness (QED) is 0.393. The van der Waals surface area contributed by atoms with Crippen molar-refractivity contribution in [3.8, 4) is 0 Å². The molecule has 6 heteroatoms. The first-order valence-electron chi connectivity index (χ1n) is 11.5. The normalized spacial score (nSPS) is 25.2. The minimum absolute atomic E-state index is 0.0120. The Labute approximate surface area is 193 Å². The highest BCUT2D eigenvalue weighted by Gasteiger charge is 2.48. The third-order valence-electron chi connectivity index (χ3n) is 7.36. The predicted octanol–water partition coefficient (Wildman–Crippen LogP) is 8.14. The number of hydrogen-bond donors (Lipinski definition) is 1. The Morgan fingerprint density at radius 2 is 1.97 bits per heavy atom. The van der Waals surface area contributed by atoms with Gasteiger partial charge in [0.05, 0.1) is 11.1 Å². The molecule has 0 aliphatic heterocycles. The second kappa shape index (κ2) is 9.66. The molecule has 2 aliphatic carbocycles. The van der Waals surface area contributed by atoms with Gasteiger partial charge in [0.2, 0.25) is 0 Å². The molecule has 0 heterocycles. The Balaban J connectivity index is 1.68. The van der Waals surface area contributed by atoms with E-state index in [9.17, 15) is 23.1 Å². The lowest BCUT2D eigenvalue weighted by molar-refractivity contribution is -0.137. The lowest BCUT2D eigenvalue weighted by atomic mass is 9.54. The van der Waals surface area contributed by atoms with Crippen LogP contribution in [0.1, 0.15) is 71.8 Å². The number of Topliss-reactive ketones (excluding diaryl/α,β-unsaturated/α-hetero) is 1. The van der Waals surface area contributed by atoms with Crippen molar-refractivity contribution in [2.75, 3.05) is 5.75 Å². The highest BCUT2D eigenvalue weighted by molar-refractivity contribution is 7.99. The Bertz CT molecular complexity index is 931. The van der Waals surface area contributed by atoms with Crippen LogP contribution in [0.2, 0.25) is 0 Å². The molecule has 1 aromatic rings. The van der Waals surface area contributed by atoms with E-state index in [0.717, 1.165) is 37.0 Å². The van der Waals surface area contributed by atoms with Crippen LogP contribution in [0.5, 0.6) is 0 Å². The molecule has 0 amide bonds. The van der Waals surface area contributed by atoms with Crippen LogP contribution in [0.25, 0.3) is 0 Å². The van der Waals surface area contributed by atoms with Gasteiger partial charge in [-0.25, -0.2) is 0 Å². The number of aliphatic hydroxyl groups excluding tert-OH is 1. The molecule has 1 N–H and O–H groups in total. The predicted molar refractivity (Wildman–Crippen MR) is 124 cm³/mol. The number of halogens is 3. The molecule has 0 spiro atoms. The van der Waals surface area contributed by atoms with E-state index in [2.05, 4.69) is 27.7 Å². The molecule has 32 heavy (non-hydrogen) atoms. The molecule has 0 fully saturated rings. The van der Waals surface area contributed by atoms with E-state index >= 15 is 0 Å². The zero-order chi connectivity index (χ0) is 23.7. The number of rotatable bonds is 8. The molecule has 2 aliphatic rings. The van der Waals surface area contributed by atoms with Crippen LogP contribution in [0.3, 0.4) is 0 Å². The number of carbonyl (C=O) groups excluding carboxylic acids is 1. The highest BCUT2D eigenvalue weighted by Crippen LogP contribution is 2.57. The first-order chi connectivity index (χ1) is 15.0. The maximum atomic E-state index is 13.1. The van der Waals surface area contributed by atoms with Crippen LogP contribution < -0.4 is 0 Å². The van der Waals surface area contributed by atoms with Gasteiger partial charge >= 0.3 is 6.18 Å². The lowest BCUT2D eigenvalue weighted by Crippen LogP contribution is -2.40. The second-order valence-corrected chi connectivity index (χ2v) is 10.6. The van der Waals surface area contributed by atoms with Crippen molar-refractivity contribution < 1.29 is 23.1 Å². The van der Waals surface area contributed by atoms with E-state index in [1.165, 1.54) is 23.4 Å². The SMILES string of the molecule is CCC1=C(C2=C(O)CC(CCSc3cccc(C(F)(F)F)c3)CC2=O)[C@](C)(C(C)CC)C1. The number of aliphatic hydroxyl groups is 1. The van der Waals surface area contributed by atoms with Crippen LogP contribution in [0.4, 0.5) is 13.2 Å². The molecule has 0 radical (unpaired) electrons. The molecule has 3 atom stereocenters. The fourth-order valence-electron chi connectivity index (χ4n) is 5.12. The number of alkyl halides is 3. The zero-order valence-corrected chi connectivity index (χ0v) is 20.1. The van der Waals surface area contributed by atoms with Crippen LogP contribution >= 0.6 is 11.8 Å². The lowest BCUT2D eigenvalue weighted by Gasteiger charge is -2.49. The monoisotopic (exact) mass is 466 g/mol. The van der Waals surface area contributed by atoms with Crippen LogP contribution in [0.15, 0.2) is 51.6 Å². The van der Waals surface area contributed by atoms with Gasteiger partial charge in [0.15, 0.2) is 5.78 Å². The Hall–Kier alpha value is -1.69. The maximum Gasteiger partial charge on any atom is 0.416 e. The molecule has 0 bridgehead atoms. The van der Waals surface area contributed by atoms with E-state index in [-0.39, 0.29) is 22.9 Å². The molecule has 2 nitrogen and oxygen atoms in total. The van der Waals surface area contributed by atoms with Crippen molar-refractivity contribution in [3.63, 3.8) is 0 Å². The van der Waals surface area contributed by atoms with Gasteiger partial charge in [-0.2, -0.15) is 13.2 Å². The molecule has 0 saturated heterocycles. The Morgan fingerprint density at radius 1 is 1.25 bits per heavy atom. The average molecular weight is 467 g/mol. The van der Waals surface area contributed by atoms with Gasteiger partial charge in [0, 0.05) is 17.7 Å². The molecule has 176 valence electrons. The number of thioether (sulfide) groups is 1. The summed E-state index contributed by atoms with van der Waals surface area (Å²) >= 11 is 1.36. The van der Waals surface area contributed by atoms with Gasteiger partial charge in [-0.3, -0.25) is 4.79 Å². The van der Waals surface area contributed by atoms with Crippen molar-refractivity contribution in [1.29, 1.82) is 0 Å². The zero-order valence-electron chi connectivity index (χ0n) is 19.3. The van der Waals surface area contributed by atoms with Gasteiger partial charge in [0.1, 0.15) is 5.76 Å². The van der Waals surface area contributed by atoms with Crippen molar-refractivity contribution in [2.24, 2.45) is 17.3 Å². The second-order valence-electron chi connectivity index (χ2n) is 9.42. The molecule has 2 unspecified atom stereocenters. The summed E-state index contributed by atoms with van der Waals surface area (Å²) in [5.74, 6) is 1.27. The Kier molecular flexibility index (Phi) is 7.53. The van der Waals surface area contributed by atoms with E-state index in [0.29, 0.717) is 41.4 Å². The third kappa shape index (κ3) is 4.95. The summed E-state index contributed by atoms with van der Waals surface area (Å²) in [6.07, 6.45) is 0.0654. The smallest absolute Gasteiger partial charge is 0.416 e. The third-order valence-corrected chi connectivity index (χ3v) is 8.39. The van der Waals surface area contributed by atoms with Crippen LogP contribution in [-0.2, 0) is 11.0 Å². The number of hydrogen-bond acceptors (Lipinski definition) is 3. The van der Waals surface area contributed by atoms with Crippen molar-refractivity contribution in [3.05, 3.63) is 52.3 Å². The fourth-order valence-corrected chi connectivity index (χ4v) is 6.19. The molecular weight excluding hydrogens is 433 g/mol. The summed E-state index contributed by atoms with van der Waals surface area (Å²) in [5, 5.41) is 10.9. The van der Waals surface area contributed by atoms with Crippen molar-refractivity contribution >= 4 is 17.5 Å². The molecule has 3 rings (SSSR count). The van der Waals surface area contributed by atoms with E-state index in [1.807, 2.05) is 0 Å². The maximum absolute atomic E-state index is 13.1. The van der Waals surface area contributed by atoms with Gasteiger partial charge in [-0.05, 0) is 66.0 Å². The van der Waals surface area contributed by atoms with E-state index in [4.69, 9.17) is 0 Å². The summed E-state index contributed by atoms with van der Waals surface area (Å²) in [5.41, 5.74) is 2.20. The highest BCUT2D eigenvalue weighted by atomic mass is 32.2. The van der Waals surface area contributed by atoms with Crippen molar-refractivity contribution in [2.45, 2.75) is 77.3 Å². The van der Waals surface area contributed by atoms with Crippen LogP contribution in [-0.4, -0.2) is 16.6 Å². The number of carbonyl (C=O) groups is 1. The van der Waals surface area contributed by atoms with Gasteiger partial charge in [-0.1, -0.05) is 45.8 Å². The summed E-state index contributed by atoms with van der Waals surface area (Å²) in [6.45, 7) is 8.68. The fraction of sp³-hybridized carbons (Fsp3) is 0.577. The largest absolute Gasteiger partial charge is 0.512 e. The number of benzene rings is 1. The van der Waals surface area contributed by atoms with Gasteiger partial charge < -0.3 is 5.11 Å². The standard InChI is InChI=1S/C26H33F3O2S/c1-5-16(3)25(4)15-18(6-2)24(25)23-21(30)12-17(13-22(23)31)10-11-32-20-9-7-8-19(14-20)26(27,28)29/h7-9,14,16-17,30H,5-6,10-13,15H2,1-4H3/t16?,17?,25-/m0/s1. The topological polar surface area (TPSA) is 37.3 Å². The minimum atomic E-state index is -4.35. The molecule has 1 aromatic carbocycles. The van der Waals surface area contributed by atoms with E-state index in [1.54, 1.807) is 6.07 Å². The van der Waals surface area contributed by atoms with Crippen LogP contribution in [0, 0.1) is 17.3 Å². The molecule has 0 aromatic heterocycles. The van der Waals surface area contributed by atoms with Gasteiger partial charge in [0.25, 0.3) is 0 Å². The summed E-state index contributed by atoms with van der Waals surface area (Å²) < 4.78 is 38.7. The van der Waals surface area contributed by atoms with Gasteiger partial charge in [-0.15, -0.1) is 11.8 Å². The number of ketones is 1. The summed E-state index contributed by atoms with van der Waals surface area (Å²) in [7, 11) is 0. The number of allylic oxidation sites excluding steroid dienone is 4. The summed E-state index contributed by atoms with van der Waals surface area (Å²) in [4.78, 5) is 13.7. The first-order valence-corrected chi connectivity index (χ1v) is 12.5. The average Bonchev–Trinajstić information content (AvgIpc) is 2.73. The molecule has 0 saturated carbocycles. The first kappa shape index (κ1) is 24.9. The molecular formula is C26H33F3O2S. The minimum Gasteiger partial charge on any atom is -0.512 e. The van der Waals surface area contributed by atoms with Crippen molar-refractivity contribution in [1.82, 2.24) is 0 Å². The summed E-state index contributed by atoms with van der Waals surface area (Å²) in [6, 6.07) is 5.33.